The molecular formula is C17H19N7OS. The molecule has 0 fully saturated rings. The Morgan fingerprint density at radius 1 is 1.42 bits per heavy atom. The van der Waals surface area contributed by atoms with E-state index >= 15 is 0 Å². The molecule has 26 heavy (non-hydrogen) atoms. The molecule has 3 aromatic rings. The molecule has 0 unspecified atom stereocenters. The summed E-state index contributed by atoms with van der Waals surface area (Å²) in [5, 5.41) is 11.2. The van der Waals surface area contributed by atoms with E-state index in [2.05, 4.69) is 30.4 Å². The van der Waals surface area contributed by atoms with Crippen molar-refractivity contribution in [1.29, 1.82) is 0 Å². The predicted octanol–water partition coefficient (Wildman–Crippen LogP) is 2.72. The molecular weight excluding hydrogens is 350 g/mol. The first kappa shape index (κ1) is 16.6. The minimum atomic E-state index is 0.188. The molecule has 0 amide bonds. The summed E-state index contributed by atoms with van der Waals surface area (Å²) in [6, 6.07) is 1.86. The largest absolute Gasteiger partial charge is 0.356 e. The molecule has 4 rings (SSSR count). The molecule has 0 saturated heterocycles. The van der Waals surface area contributed by atoms with Crippen LogP contribution in [0.2, 0.25) is 0 Å². The number of aromatic amines is 1. The Morgan fingerprint density at radius 3 is 3.12 bits per heavy atom. The number of ketones is 1. The quantitative estimate of drug-likeness (QED) is 0.713. The lowest BCUT2D eigenvalue weighted by molar-refractivity contribution is -0.116. The van der Waals surface area contributed by atoms with Gasteiger partial charge in [-0.15, -0.1) is 11.3 Å². The number of carbonyl (C=O) groups excluding carboxylic acids is 1. The first-order valence-electron chi connectivity index (χ1n) is 8.44. The van der Waals surface area contributed by atoms with E-state index < -0.39 is 0 Å². The maximum absolute atomic E-state index is 11.4. The van der Waals surface area contributed by atoms with Gasteiger partial charge in [-0.25, -0.2) is 15.0 Å². The van der Waals surface area contributed by atoms with E-state index in [1.165, 1.54) is 4.88 Å². The minimum absolute atomic E-state index is 0.188. The van der Waals surface area contributed by atoms with Gasteiger partial charge >= 0.3 is 0 Å². The van der Waals surface area contributed by atoms with Gasteiger partial charge in [0.2, 0.25) is 5.95 Å². The van der Waals surface area contributed by atoms with Gasteiger partial charge in [0.15, 0.2) is 5.13 Å². The molecule has 0 saturated carbocycles. The van der Waals surface area contributed by atoms with Gasteiger partial charge in [-0.2, -0.15) is 5.10 Å². The average Bonchev–Trinajstić information content (AvgIpc) is 3.19. The Balaban J connectivity index is 1.62. The maximum Gasteiger partial charge on any atom is 0.229 e. The van der Waals surface area contributed by atoms with Crippen LogP contribution in [0.5, 0.6) is 0 Å². The van der Waals surface area contributed by atoms with Crippen LogP contribution < -0.4 is 10.2 Å². The summed E-state index contributed by atoms with van der Waals surface area (Å²) in [6.07, 6.45) is 4.91. The molecule has 0 atom stereocenters. The lowest BCUT2D eigenvalue weighted by atomic mass is 10.2. The Morgan fingerprint density at radius 2 is 2.31 bits per heavy atom. The summed E-state index contributed by atoms with van der Waals surface area (Å²) in [4.78, 5) is 28.1. The van der Waals surface area contributed by atoms with Crippen molar-refractivity contribution in [2.75, 3.05) is 23.3 Å². The molecule has 0 aromatic carbocycles. The highest BCUT2D eigenvalue weighted by Crippen LogP contribution is 2.39. The molecule has 0 radical (unpaired) electrons. The maximum atomic E-state index is 11.4. The van der Waals surface area contributed by atoms with E-state index in [1.807, 2.05) is 13.0 Å². The van der Waals surface area contributed by atoms with E-state index in [-0.39, 0.29) is 5.78 Å². The van der Waals surface area contributed by atoms with Crippen molar-refractivity contribution < 1.29 is 4.79 Å². The number of fused-ring (bicyclic) bond motifs is 3. The van der Waals surface area contributed by atoms with Crippen molar-refractivity contribution in [3.63, 3.8) is 0 Å². The van der Waals surface area contributed by atoms with Crippen molar-refractivity contribution in [3.05, 3.63) is 29.0 Å². The third-order valence-electron chi connectivity index (χ3n) is 4.24. The highest BCUT2D eigenvalue weighted by atomic mass is 32.1. The Hall–Kier alpha value is -2.81. The van der Waals surface area contributed by atoms with Gasteiger partial charge in [-0.1, -0.05) is 0 Å². The molecule has 1 aliphatic rings. The molecule has 9 heteroatoms. The van der Waals surface area contributed by atoms with Gasteiger partial charge in [0.05, 0.1) is 17.5 Å². The lowest BCUT2D eigenvalue weighted by Gasteiger charge is -2.21. The van der Waals surface area contributed by atoms with Gasteiger partial charge < -0.3 is 10.2 Å². The van der Waals surface area contributed by atoms with Gasteiger partial charge in [-0.3, -0.25) is 9.89 Å². The van der Waals surface area contributed by atoms with Crippen molar-refractivity contribution >= 4 is 34.0 Å². The molecule has 3 aromatic heterocycles. The molecule has 2 N–H and O–H groups in total. The zero-order chi connectivity index (χ0) is 18.1. The molecule has 4 heterocycles. The van der Waals surface area contributed by atoms with Gasteiger partial charge in [0.1, 0.15) is 11.6 Å². The van der Waals surface area contributed by atoms with Crippen molar-refractivity contribution in [2.24, 2.45) is 0 Å². The second-order valence-electron chi connectivity index (χ2n) is 6.26. The zero-order valence-electron chi connectivity index (χ0n) is 14.6. The first-order valence-corrected chi connectivity index (χ1v) is 9.26. The SMILES string of the molecule is CC(=O)CCN1CCc2sc(Nc3nccc(C)n3)nc2-c2cn[nH]c21. The zero-order valence-corrected chi connectivity index (χ0v) is 15.4. The number of hydrogen-bond acceptors (Lipinski definition) is 8. The van der Waals surface area contributed by atoms with Crippen molar-refractivity contribution in [3.8, 4) is 11.3 Å². The number of carbonyl (C=O) groups is 1. The average molecular weight is 369 g/mol. The highest BCUT2D eigenvalue weighted by Gasteiger charge is 2.25. The van der Waals surface area contributed by atoms with Crippen LogP contribution in [0.15, 0.2) is 18.5 Å². The Bertz CT molecular complexity index is 948. The summed E-state index contributed by atoms with van der Waals surface area (Å²) < 4.78 is 0. The molecule has 134 valence electrons. The van der Waals surface area contributed by atoms with E-state index in [1.54, 1.807) is 30.7 Å². The fourth-order valence-electron chi connectivity index (χ4n) is 2.95. The number of nitrogens with zero attached hydrogens (tertiary/aromatic N) is 5. The number of hydrogen-bond donors (Lipinski definition) is 2. The van der Waals surface area contributed by atoms with Crippen molar-refractivity contribution in [1.82, 2.24) is 25.1 Å². The number of nitrogens with one attached hydrogen (secondary N) is 2. The Labute approximate surface area is 154 Å². The number of rotatable bonds is 5. The second-order valence-corrected chi connectivity index (χ2v) is 7.34. The number of aromatic nitrogens is 5. The fourth-order valence-corrected chi connectivity index (χ4v) is 3.91. The fraction of sp³-hybridized carbons (Fsp3) is 0.353. The second kappa shape index (κ2) is 6.83. The third kappa shape index (κ3) is 3.30. The van der Waals surface area contributed by atoms with E-state index in [0.29, 0.717) is 18.9 Å². The van der Waals surface area contributed by atoms with Gasteiger partial charge in [0, 0.05) is 42.7 Å². The number of anilines is 3. The van der Waals surface area contributed by atoms with E-state index in [9.17, 15) is 4.79 Å². The lowest BCUT2D eigenvalue weighted by Crippen LogP contribution is -2.27. The predicted molar refractivity (Wildman–Crippen MR) is 101 cm³/mol. The molecule has 1 aliphatic heterocycles. The van der Waals surface area contributed by atoms with E-state index in [4.69, 9.17) is 4.98 Å². The van der Waals surface area contributed by atoms with Crippen LogP contribution >= 0.6 is 11.3 Å². The topological polar surface area (TPSA) is 99.7 Å². The van der Waals surface area contributed by atoms with Crippen LogP contribution in [-0.4, -0.2) is 44.0 Å². The van der Waals surface area contributed by atoms with Crippen molar-refractivity contribution in [2.45, 2.75) is 26.7 Å². The van der Waals surface area contributed by atoms with Crippen LogP contribution in [0.3, 0.4) is 0 Å². The monoisotopic (exact) mass is 369 g/mol. The summed E-state index contributed by atoms with van der Waals surface area (Å²) >= 11 is 1.61. The smallest absolute Gasteiger partial charge is 0.229 e. The molecule has 0 aliphatic carbocycles. The summed E-state index contributed by atoms with van der Waals surface area (Å²) in [6.45, 7) is 5.05. The van der Waals surface area contributed by atoms with Crippen LogP contribution in [0.4, 0.5) is 16.9 Å². The Kier molecular flexibility index (Phi) is 4.37. The number of H-pyrrole nitrogens is 1. The molecule has 8 nitrogen and oxygen atoms in total. The summed E-state index contributed by atoms with van der Waals surface area (Å²) in [5.74, 6) is 1.66. The van der Waals surface area contributed by atoms with Crippen LogP contribution in [0, 0.1) is 6.92 Å². The van der Waals surface area contributed by atoms with Gasteiger partial charge in [0.25, 0.3) is 0 Å². The number of aryl methyl sites for hydroxylation is 1. The first-order chi connectivity index (χ1) is 12.6. The minimum Gasteiger partial charge on any atom is -0.356 e. The number of Topliss-reactive ketones (excluding diaryl/α,β-unsaturated/α-hetero) is 1. The third-order valence-corrected chi connectivity index (χ3v) is 5.27. The molecule has 0 spiro atoms. The van der Waals surface area contributed by atoms with Crippen LogP contribution in [0.25, 0.3) is 11.3 Å². The highest BCUT2D eigenvalue weighted by molar-refractivity contribution is 7.16. The molecule has 0 bridgehead atoms. The number of thiazole rings is 1. The normalized spacial score (nSPS) is 13.1. The summed E-state index contributed by atoms with van der Waals surface area (Å²) in [7, 11) is 0. The summed E-state index contributed by atoms with van der Waals surface area (Å²) in [5.41, 5.74) is 2.80. The van der Waals surface area contributed by atoms with Gasteiger partial charge in [-0.05, 0) is 19.9 Å². The van der Waals surface area contributed by atoms with Crippen LogP contribution in [-0.2, 0) is 11.2 Å². The standard InChI is InChI=1S/C17H19N7OS/c1-10-3-6-18-16(20-10)22-17-21-14-12-9-19-23-15(12)24(7-4-11(2)25)8-5-13(14)26-17/h3,6,9H,4-5,7-8H2,1-2H3,(H,19,23)(H,18,20,21,22). The van der Waals surface area contributed by atoms with E-state index in [0.717, 1.165) is 40.9 Å². The van der Waals surface area contributed by atoms with Crippen LogP contribution in [0.1, 0.15) is 23.9 Å².